The van der Waals surface area contributed by atoms with Crippen molar-refractivity contribution in [3.63, 3.8) is 0 Å². The molecule has 4 nitrogen and oxygen atoms in total. The lowest BCUT2D eigenvalue weighted by Gasteiger charge is -2.19. The Balaban J connectivity index is 2.61. The van der Waals surface area contributed by atoms with Gasteiger partial charge in [0.1, 0.15) is 5.60 Å². The van der Waals surface area contributed by atoms with Crippen molar-refractivity contribution in [3.8, 4) is 0 Å². The summed E-state index contributed by atoms with van der Waals surface area (Å²) in [5.41, 5.74) is -1.46. The van der Waals surface area contributed by atoms with E-state index in [0.29, 0.717) is 0 Å². The smallest absolute Gasteiger partial charge is 0.417 e. The van der Waals surface area contributed by atoms with Crippen LogP contribution in [-0.2, 0) is 10.9 Å². The van der Waals surface area contributed by atoms with Gasteiger partial charge < -0.3 is 10.1 Å². The van der Waals surface area contributed by atoms with Gasteiger partial charge in [-0.3, -0.25) is 4.98 Å². The number of hydrogen-bond donors (Lipinski definition) is 1. The summed E-state index contributed by atoms with van der Waals surface area (Å²) in [6, 6.07) is 0.904. The number of carbonyl (C=O) groups is 1. The Morgan fingerprint density at radius 1 is 1.38 bits per heavy atom. The monoisotopic (exact) mass is 302 g/mol. The van der Waals surface area contributed by atoms with Crippen molar-refractivity contribution in [2.75, 3.05) is 6.54 Å². The van der Waals surface area contributed by atoms with E-state index in [9.17, 15) is 18.0 Å². The van der Waals surface area contributed by atoms with Gasteiger partial charge in [0.15, 0.2) is 0 Å². The highest BCUT2D eigenvalue weighted by Crippen LogP contribution is 2.31. The van der Waals surface area contributed by atoms with E-state index in [1.807, 2.05) is 0 Å². The number of alkyl halides is 3. The molecule has 0 atom stereocenters. The van der Waals surface area contributed by atoms with Crippen molar-refractivity contribution >= 4 is 12.2 Å². The summed E-state index contributed by atoms with van der Waals surface area (Å²) in [5.74, 6) is 0. The molecule has 1 aromatic heterocycles. The van der Waals surface area contributed by atoms with E-state index in [-0.39, 0.29) is 12.1 Å². The van der Waals surface area contributed by atoms with Crippen molar-refractivity contribution in [2.24, 2.45) is 0 Å². The number of amides is 1. The first-order valence-corrected chi connectivity index (χ1v) is 6.24. The van der Waals surface area contributed by atoms with Crippen molar-refractivity contribution in [3.05, 3.63) is 35.7 Å². The molecule has 0 aliphatic rings. The Bertz CT molecular complexity index is 520. The van der Waals surface area contributed by atoms with E-state index in [4.69, 9.17) is 4.74 Å². The molecule has 21 heavy (non-hydrogen) atoms. The van der Waals surface area contributed by atoms with E-state index in [0.717, 1.165) is 18.5 Å². The first-order valence-electron chi connectivity index (χ1n) is 6.24. The third-order valence-electron chi connectivity index (χ3n) is 2.22. The summed E-state index contributed by atoms with van der Waals surface area (Å²) in [4.78, 5) is 15.0. The minimum atomic E-state index is -4.44. The first-order chi connectivity index (χ1) is 9.59. The van der Waals surface area contributed by atoms with Crippen molar-refractivity contribution in [1.82, 2.24) is 10.3 Å². The maximum absolute atomic E-state index is 12.7. The number of alkyl carbamates (subject to hydrolysis) is 1. The van der Waals surface area contributed by atoms with Crippen molar-refractivity contribution < 1.29 is 22.7 Å². The highest BCUT2D eigenvalue weighted by atomic mass is 19.4. The second-order valence-electron chi connectivity index (χ2n) is 5.25. The van der Waals surface area contributed by atoms with E-state index in [1.54, 1.807) is 20.8 Å². The molecule has 0 fully saturated rings. The molecular weight excluding hydrogens is 285 g/mol. The standard InChI is InChI=1S/C14H17F3N2O2/c1-13(2,3)21-12(20)19-7-4-5-10-9-18-8-6-11(10)14(15,16)17/h4-6,8-9H,7H2,1-3H3,(H,19,20). The van der Waals surface area contributed by atoms with Crippen molar-refractivity contribution in [1.29, 1.82) is 0 Å². The molecule has 0 saturated carbocycles. The highest BCUT2D eigenvalue weighted by Gasteiger charge is 2.32. The highest BCUT2D eigenvalue weighted by molar-refractivity contribution is 5.68. The van der Waals surface area contributed by atoms with Gasteiger partial charge in [0, 0.05) is 24.5 Å². The molecule has 7 heteroatoms. The SMILES string of the molecule is CC(C)(C)OC(=O)NCC=Cc1cnccc1C(F)(F)F. The number of halogens is 3. The van der Waals surface area contributed by atoms with Crippen LogP contribution < -0.4 is 5.32 Å². The van der Waals surface area contributed by atoms with Crippen LogP contribution in [0.3, 0.4) is 0 Å². The topological polar surface area (TPSA) is 51.2 Å². The Labute approximate surface area is 121 Å². The Kier molecular flexibility index (Phi) is 5.34. The molecule has 0 aliphatic carbocycles. The molecule has 1 N–H and O–H groups in total. The number of nitrogens with zero attached hydrogens (tertiary/aromatic N) is 1. The van der Waals surface area contributed by atoms with Gasteiger partial charge in [-0.2, -0.15) is 13.2 Å². The zero-order valence-electron chi connectivity index (χ0n) is 12.0. The zero-order valence-corrected chi connectivity index (χ0v) is 12.0. The second kappa shape index (κ2) is 6.60. The van der Waals surface area contributed by atoms with Crippen LogP contribution in [0.5, 0.6) is 0 Å². The van der Waals surface area contributed by atoms with Gasteiger partial charge >= 0.3 is 12.3 Å². The summed E-state index contributed by atoms with van der Waals surface area (Å²) >= 11 is 0. The lowest BCUT2D eigenvalue weighted by Crippen LogP contribution is -2.32. The molecule has 1 aromatic rings. The number of hydrogen-bond acceptors (Lipinski definition) is 3. The van der Waals surface area contributed by atoms with Crippen LogP contribution >= 0.6 is 0 Å². The van der Waals surface area contributed by atoms with E-state index >= 15 is 0 Å². The Hall–Kier alpha value is -2.05. The lowest BCUT2D eigenvalue weighted by molar-refractivity contribution is -0.137. The molecule has 116 valence electrons. The van der Waals surface area contributed by atoms with Crippen molar-refractivity contribution in [2.45, 2.75) is 32.5 Å². The summed E-state index contributed by atoms with van der Waals surface area (Å²) in [6.45, 7) is 5.20. The van der Waals surface area contributed by atoms with Gasteiger partial charge in [0.25, 0.3) is 0 Å². The van der Waals surface area contributed by atoms with E-state index in [2.05, 4.69) is 10.3 Å². The molecule has 0 aliphatic heterocycles. The predicted molar refractivity (Wildman–Crippen MR) is 72.5 cm³/mol. The minimum absolute atomic E-state index is 0.0567. The van der Waals surface area contributed by atoms with Gasteiger partial charge in [-0.05, 0) is 26.8 Å². The molecule has 1 amide bonds. The summed E-state index contributed by atoms with van der Waals surface area (Å²) < 4.78 is 43.2. The van der Waals surface area contributed by atoms with Crippen LogP contribution in [0, 0.1) is 0 Å². The third-order valence-corrected chi connectivity index (χ3v) is 2.22. The van der Waals surface area contributed by atoms with Crippen LogP contribution in [0.1, 0.15) is 31.9 Å². The molecule has 0 radical (unpaired) electrons. The summed E-state index contributed by atoms with van der Waals surface area (Å²) in [5, 5.41) is 2.42. The fraction of sp³-hybridized carbons (Fsp3) is 0.429. The fourth-order valence-electron chi connectivity index (χ4n) is 1.44. The van der Waals surface area contributed by atoms with Crippen LogP contribution in [0.15, 0.2) is 24.5 Å². The molecule has 0 saturated heterocycles. The lowest BCUT2D eigenvalue weighted by atomic mass is 10.1. The normalized spacial score (nSPS) is 12.5. The number of carbonyl (C=O) groups excluding carboxylic acids is 1. The molecule has 1 heterocycles. The fourth-order valence-corrected chi connectivity index (χ4v) is 1.44. The quantitative estimate of drug-likeness (QED) is 0.927. The van der Waals surface area contributed by atoms with Gasteiger partial charge in [0.05, 0.1) is 5.56 Å². The molecule has 0 unspecified atom stereocenters. The van der Waals surface area contributed by atoms with Crippen LogP contribution in [0.25, 0.3) is 6.08 Å². The molecular formula is C14H17F3N2O2. The molecule has 0 aromatic carbocycles. The molecule has 0 bridgehead atoms. The average Bonchev–Trinajstić information content (AvgIpc) is 2.32. The van der Waals surface area contributed by atoms with E-state index < -0.39 is 23.4 Å². The maximum atomic E-state index is 12.7. The van der Waals surface area contributed by atoms with Crippen LogP contribution in [0.4, 0.5) is 18.0 Å². The van der Waals surface area contributed by atoms with E-state index in [1.165, 1.54) is 12.2 Å². The van der Waals surface area contributed by atoms with Gasteiger partial charge in [-0.1, -0.05) is 12.2 Å². The number of pyridine rings is 1. The van der Waals surface area contributed by atoms with Crippen LogP contribution in [-0.4, -0.2) is 23.2 Å². The number of nitrogens with one attached hydrogen (secondary N) is 1. The second-order valence-corrected chi connectivity index (χ2v) is 5.25. The maximum Gasteiger partial charge on any atom is 0.417 e. The predicted octanol–water partition coefficient (Wildman–Crippen LogP) is 3.64. The summed E-state index contributed by atoms with van der Waals surface area (Å²) in [6.07, 6.45) is -0.217. The molecule has 1 rings (SSSR count). The Morgan fingerprint density at radius 2 is 2.05 bits per heavy atom. The largest absolute Gasteiger partial charge is 0.444 e. The molecule has 0 spiro atoms. The first kappa shape index (κ1) is 17.0. The van der Waals surface area contributed by atoms with Gasteiger partial charge in [-0.15, -0.1) is 0 Å². The average molecular weight is 302 g/mol. The number of aromatic nitrogens is 1. The number of ether oxygens (including phenoxy) is 1. The van der Waals surface area contributed by atoms with Gasteiger partial charge in [-0.25, -0.2) is 4.79 Å². The van der Waals surface area contributed by atoms with Gasteiger partial charge in [0.2, 0.25) is 0 Å². The Morgan fingerprint density at radius 3 is 2.62 bits per heavy atom. The van der Waals surface area contributed by atoms with Crippen LogP contribution in [0.2, 0.25) is 0 Å². The zero-order chi connectivity index (χ0) is 16.1. The summed E-state index contributed by atoms with van der Waals surface area (Å²) in [7, 11) is 0. The third kappa shape index (κ3) is 6.29. The number of rotatable bonds is 3. The minimum Gasteiger partial charge on any atom is -0.444 e.